The minimum absolute atomic E-state index is 0.0204. The molecule has 4 nitrogen and oxygen atoms in total. The molecule has 0 spiro atoms. The minimum atomic E-state index is -0.0204. The standard InChI is InChI=1S/C36H33ClN2O2/c1-26-10-6-9-15-33(26)39(35(40)23-18-27-16-19-29(37)20-17-27)25-24-30-21-22-34(38(30)2)36(41)32-14-8-7-13-31(32)28-11-4-3-5-12-28/h3-17,19-22H,18,23-25H2,1-2H3. The lowest BCUT2D eigenvalue weighted by atomic mass is 9.96. The highest BCUT2D eigenvalue weighted by atomic mass is 35.5. The molecule has 41 heavy (non-hydrogen) atoms. The molecular weight excluding hydrogens is 528 g/mol. The van der Waals surface area contributed by atoms with Gasteiger partial charge in [0.15, 0.2) is 0 Å². The third-order valence-electron chi connectivity index (χ3n) is 7.55. The Morgan fingerprint density at radius 1 is 0.756 bits per heavy atom. The summed E-state index contributed by atoms with van der Waals surface area (Å²) in [6.07, 6.45) is 1.65. The number of ketones is 1. The smallest absolute Gasteiger partial charge is 0.227 e. The zero-order valence-electron chi connectivity index (χ0n) is 23.4. The van der Waals surface area contributed by atoms with Gasteiger partial charge in [-0.15, -0.1) is 0 Å². The number of hydrogen-bond donors (Lipinski definition) is 0. The summed E-state index contributed by atoms with van der Waals surface area (Å²) in [5, 5.41) is 0.686. The minimum Gasteiger partial charge on any atom is -0.345 e. The maximum absolute atomic E-state index is 13.7. The normalized spacial score (nSPS) is 10.9. The molecule has 0 aliphatic heterocycles. The molecule has 0 saturated carbocycles. The number of carbonyl (C=O) groups is 2. The number of amides is 1. The van der Waals surface area contributed by atoms with Crippen LogP contribution in [-0.4, -0.2) is 22.8 Å². The average Bonchev–Trinajstić information content (AvgIpc) is 3.37. The Morgan fingerprint density at radius 3 is 2.20 bits per heavy atom. The van der Waals surface area contributed by atoms with Gasteiger partial charge in [-0.1, -0.05) is 96.5 Å². The van der Waals surface area contributed by atoms with Gasteiger partial charge in [0.25, 0.3) is 0 Å². The number of aryl methyl sites for hydroxylation is 2. The van der Waals surface area contributed by atoms with Crippen molar-refractivity contribution >= 4 is 29.0 Å². The lowest BCUT2D eigenvalue weighted by molar-refractivity contribution is -0.118. The lowest BCUT2D eigenvalue weighted by Crippen LogP contribution is -2.34. The second kappa shape index (κ2) is 12.8. The fraction of sp³-hybridized carbons (Fsp3) is 0.167. The van der Waals surface area contributed by atoms with Gasteiger partial charge in [0.2, 0.25) is 11.7 Å². The van der Waals surface area contributed by atoms with Gasteiger partial charge in [0.1, 0.15) is 0 Å². The van der Waals surface area contributed by atoms with Crippen LogP contribution in [0.15, 0.2) is 115 Å². The summed E-state index contributed by atoms with van der Waals surface area (Å²) in [7, 11) is 1.92. The first-order valence-electron chi connectivity index (χ1n) is 13.9. The van der Waals surface area contributed by atoms with Crippen LogP contribution >= 0.6 is 11.6 Å². The number of hydrogen-bond acceptors (Lipinski definition) is 2. The number of rotatable bonds is 10. The molecule has 206 valence electrons. The van der Waals surface area contributed by atoms with Crippen molar-refractivity contribution in [2.24, 2.45) is 7.05 Å². The number of para-hydroxylation sites is 1. The Hall–Kier alpha value is -4.41. The third-order valence-corrected chi connectivity index (χ3v) is 7.81. The van der Waals surface area contributed by atoms with E-state index in [4.69, 9.17) is 11.6 Å². The SMILES string of the molecule is Cc1ccccc1N(CCc1ccc(C(=O)c2ccccc2-c2ccccc2)n1C)C(=O)CCc1ccc(Cl)cc1. The first-order valence-corrected chi connectivity index (χ1v) is 14.2. The lowest BCUT2D eigenvalue weighted by Gasteiger charge is -2.25. The van der Waals surface area contributed by atoms with Crippen LogP contribution in [0.4, 0.5) is 5.69 Å². The second-order valence-electron chi connectivity index (χ2n) is 10.2. The number of aromatic nitrogens is 1. The first-order chi connectivity index (χ1) is 19.9. The highest BCUT2D eigenvalue weighted by Gasteiger charge is 2.21. The van der Waals surface area contributed by atoms with E-state index in [0.717, 1.165) is 33.6 Å². The van der Waals surface area contributed by atoms with Crippen molar-refractivity contribution in [1.29, 1.82) is 0 Å². The first kappa shape index (κ1) is 28.1. The Bertz CT molecular complexity index is 1660. The van der Waals surface area contributed by atoms with Crippen LogP contribution in [0.1, 0.15) is 39.3 Å². The van der Waals surface area contributed by atoms with Crippen molar-refractivity contribution in [1.82, 2.24) is 4.57 Å². The maximum Gasteiger partial charge on any atom is 0.227 e. The second-order valence-corrected chi connectivity index (χ2v) is 10.7. The van der Waals surface area contributed by atoms with Crippen LogP contribution in [0.3, 0.4) is 0 Å². The van der Waals surface area contributed by atoms with Crippen LogP contribution < -0.4 is 4.90 Å². The Morgan fingerprint density at radius 2 is 1.44 bits per heavy atom. The van der Waals surface area contributed by atoms with Crippen molar-refractivity contribution < 1.29 is 9.59 Å². The van der Waals surface area contributed by atoms with E-state index in [1.54, 1.807) is 0 Å². The molecule has 0 N–H and O–H groups in total. The molecule has 0 bridgehead atoms. The molecule has 1 amide bonds. The van der Waals surface area contributed by atoms with E-state index in [0.29, 0.717) is 42.1 Å². The van der Waals surface area contributed by atoms with Crippen LogP contribution in [0.2, 0.25) is 5.02 Å². The fourth-order valence-electron chi connectivity index (χ4n) is 5.23. The van der Waals surface area contributed by atoms with Crippen molar-refractivity contribution in [3.63, 3.8) is 0 Å². The number of nitrogens with zero attached hydrogens (tertiary/aromatic N) is 2. The van der Waals surface area contributed by atoms with Gasteiger partial charge in [-0.25, -0.2) is 0 Å². The molecule has 0 saturated heterocycles. The van der Waals surface area contributed by atoms with Crippen LogP contribution in [0.5, 0.6) is 0 Å². The third kappa shape index (κ3) is 6.50. The van der Waals surface area contributed by atoms with Crippen molar-refractivity contribution in [2.75, 3.05) is 11.4 Å². The quantitative estimate of drug-likeness (QED) is 0.162. The summed E-state index contributed by atoms with van der Waals surface area (Å²) in [6.45, 7) is 2.54. The Labute approximate surface area is 246 Å². The molecule has 5 heteroatoms. The maximum atomic E-state index is 13.7. The van der Waals surface area contributed by atoms with E-state index in [1.165, 1.54) is 0 Å². The van der Waals surface area contributed by atoms with Gasteiger partial charge in [-0.3, -0.25) is 9.59 Å². The molecule has 0 atom stereocenters. The van der Waals surface area contributed by atoms with Crippen LogP contribution in [0.25, 0.3) is 11.1 Å². The highest BCUT2D eigenvalue weighted by Crippen LogP contribution is 2.27. The topological polar surface area (TPSA) is 42.3 Å². The van der Waals surface area contributed by atoms with Crippen molar-refractivity contribution in [3.05, 3.63) is 148 Å². The monoisotopic (exact) mass is 560 g/mol. The average molecular weight is 561 g/mol. The van der Waals surface area contributed by atoms with Gasteiger partial charge in [-0.05, 0) is 65.9 Å². The largest absolute Gasteiger partial charge is 0.345 e. The predicted octanol–water partition coefficient (Wildman–Crippen LogP) is 8.09. The molecule has 4 aromatic carbocycles. The summed E-state index contributed by atoms with van der Waals surface area (Å²) in [4.78, 5) is 29.2. The molecule has 0 aliphatic carbocycles. The number of carbonyl (C=O) groups excluding carboxylic acids is 2. The molecule has 0 unspecified atom stereocenters. The van der Waals surface area contributed by atoms with Gasteiger partial charge in [0, 0.05) is 48.4 Å². The van der Waals surface area contributed by atoms with Gasteiger partial charge >= 0.3 is 0 Å². The predicted molar refractivity (Wildman–Crippen MR) is 168 cm³/mol. The van der Waals surface area contributed by atoms with E-state index in [9.17, 15) is 9.59 Å². The summed E-state index contributed by atoms with van der Waals surface area (Å²) in [5.74, 6) is 0.0459. The van der Waals surface area contributed by atoms with Crippen LogP contribution in [0, 0.1) is 6.92 Å². The molecule has 5 aromatic rings. The van der Waals surface area contributed by atoms with Crippen molar-refractivity contribution in [3.8, 4) is 11.1 Å². The van der Waals surface area contributed by atoms with Gasteiger partial charge in [-0.2, -0.15) is 0 Å². The molecule has 0 aliphatic rings. The zero-order chi connectivity index (χ0) is 28.8. The summed E-state index contributed by atoms with van der Waals surface area (Å²) in [6, 6.07) is 37.2. The van der Waals surface area contributed by atoms with E-state index in [-0.39, 0.29) is 11.7 Å². The number of anilines is 1. The van der Waals surface area contributed by atoms with E-state index >= 15 is 0 Å². The van der Waals surface area contributed by atoms with Gasteiger partial charge < -0.3 is 9.47 Å². The van der Waals surface area contributed by atoms with E-state index < -0.39 is 0 Å². The number of halogens is 1. The molecule has 0 radical (unpaired) electrons. The summed E-state index contributed by atoms with van der Waals surface area (Å²) >= 11 is 6.03. The molecule has 1 heterocycles. The zero-order valence-corrected chi connectivity index (χ0v) is 24.1. The van der Waals surface area contributed by atoms with Gasteiger partial charge in [0.05, 0.1) is 5.69 Å². The Balaban J connectivity index is 1.35. The number of benzene rings is 4. The van der Waals surface area contributed by atoms with E-state index in [1.807, 2.05) is 139 Å². The highest BCUT2D eigenvalue weighted by molar-refractivity contribution is 6.30. The van der Waals surface area contributed by atoms with Crippen LogP contribution in [-0.2, 0) is 24.7 Å². The molecular formula is C36H33ClN2O2. The molecule has 5 rings (SSSR count). The fourth-order valence-corrected chi connectivity index (χ4v) is 5.36. The summed E-state index contributed by atoms with van der Waals surface area (Å²) < 4.78 is 1.96. The summed E-state index contributed by atoms with van der Waals surface area (Å²) in [5.41, 5.74) is 7.26. The Kier molecular flexibility index (Phi) is 8.81. The molecule has 1 aromatic heterocycles. The van der Waals surface area contributed by atoms with E-state index in [2.05, 4.69) is 0 Å². The molecule has 0 fully saturated rings. The van der Waals surface area contributed by atoms with Crippen molar-refractivity contribution in [2.45, 2.75) is 26.2 Å².